The van der Waals surface area contributed by atoms with Gasteiger partial charge < -0.3 is 8.60 Å². The lowest BCUT2D eigenvalue weighted by Crippen LogP contribution is -2.30. The molecule has 1 aromatic heterocycles. The third-order valence-corrected chi connectivity index (χ3v) is 8.06. The Morgan fingerprint density at radius 2 is 1.61 bits per heavy atom. The molecular weight excluding hydrogens is 462 g/mol. The number of hydrogen-bond acceptors (Lipinski definition) is 6. The van der Waals surface area contributed by atoms with Crippen molar-refractivity contribution in [1.82, 2.24) is 4.31 Å². The molecule has 0 saturated heterocycles. The molecule has 0 bridgehead atoms. The molecule has 3 rings (SSSR count). The Bertz CT molecular complexity index is 1270. The first-order chi connectivity index (χ1) is 15.4. The summed E-state index contributed by atoms with van der Waals surface area (Å²) in [5.74, 6) is 0.464. The second-order valence-corrected chi connectivity index (χ2v) is 12.5. The van der Waals surface area contributed by atoms with Gasteiger partial charge in [-0.25, -0.2) is 8.42 Å². The van der Waals surface area contributed by atoms with E-state index in [0.29, 0.717) is 11.3 Å². The summed E-state index contributed by atoms with van der Waals surface area (Å²) in [5, 5.41) is 0. The van der Waals surface area contributed by atoms with Gasteiger partial charge in [-0.1, -0.05) is 45.0 Å². The molecule has 0 amide bonds. The van der Waals surface area contributed by atoms with Crippen LogP contribution in [0.2, 0.25) is 0 Å². The van der Waals surface area contributed by atoms with Gasteiger partial charge in [-0.2, -0.15) is 12.7 Å². The Balaban J connectivity index is 1.94. The van der Waals surface area contributed by atoms with Crippen LogP contribution in [0, 0.1) is 0 Å². The number of nitrogens with zero attached hydrogens (tertiary/aromatic N) is 1. The van der Waals surface area contributed by atoms with Gasteiger partial charge >= 0.3 is 10.1 Å². The number of rotatable bonds is 9. The van der Waals surface area contributed by atoms with Crippen LogP contribution in [-0.2, 0) is 38.6 Å². The minimum Gasteiger partial charge on any atom is -0.468 e. The van der Waals surface area contributed by atoms with Gasteiger partial charge in [-0.3, -0.25) is 0 Å². The van der Waals surface area contributed by atoms with Crippen molar-refractivity contribution >= 4 is 20.1 Å². The molecule has 0 atom stereocenters. The fourth-order valence-corrected chi connectivity index (χ4v) is 5.09. The van der Waals surface area contributed by atoms with E-state index in [1.165, 1.54) is 29.6 Å². The van der Waals surface area contributed by atoms with Gasteiger partial charge in [0.15, 0.2) is 0 Å². The maximum Gasteiger partial charge on any atom is 0.308 e. The van der Waals surface area contributed by atoms with Crippen molar-refractivity contribution in [2.75, 3.05) is 5.75 Å². The monoisotopic (exact) mass is 491 g/mol. The predicted molar refractivity (Wildman–Crippen MR) is 127 cm³/mol. The molecule has 9 heteroatoms. The van der Waals surface area contributed by atoms with Crippen molar-refractivity contribution in [3.63, 3.8) is 0 Å². The molecule has 3 aromatic rings. The highest BCUT2D eigenvalue weighted by molar-refractivity contribution is 7.89. The van der Waals surface area contributed by atoms with Gasteiger partial charge in [-0.15, -0.1) is 0 Å². The molecule has 0 fully saturated rings. The topological polar surface area (TPSA) is 93.9 Å². The quantitative estimate of drug-likeness (QED) is 0.403. The fraction of sp³-hybridized carbons (Fsp3) is 0.333. The van der Waals surface area contributed by atoms with E-state index < -0.39 is 20.1 Å². The van der Waals surface area contributed by atoms with Crippen LogP contribution >= 0.6 is 0 Å². The van der Waals surface area contributed by atoms with Crippen molar-refractivity contribution in [3.8, 4) is 5.75 Å². The van der Waals surface area contributed by atoms with Crippen molar-refractivity contribution in [2.24, 2.45) is 0 Å². The summed E-state index contributed by atoms with van der Waals surface area (Å²) in [6, 6.07) is 16.7. The predicted octanol–water partition coefficient (Wildman–Crippen LogP) is 4.70. The Morgan fingerprint density at radius 3 is 2.18 bits per heavy atom. The maximum absolute atomic E-state index is 13.5. The smallest absolute Gasteiger partial charge is 0.308 e. The lowest BCUT2D eigenvalue weighted by molar-refractivity contribution is 0.358. The average molecular weight is 492 g/mol. The Kier molecular flexibility index (Phi) is 7.36. The summed E-state index contributed by atoms with van der Waals surface area (Å²) in [4.78, 5) is 0.169. The van der Waals surface area contributed by atoms with Crippen molar-refractivity contribution in [2.45, 2.75) is 51.1 Å². The standard InChI is InChI=1S/C24H29NO6S2/c1-5-32(26,27)31-21-9-6-8-19(16-21)17-25(18-22-10-7-15-30-22)33(28,29)23-13-11-20(12-14-23)24(2,3)4/h6-16H,5,17-18H2,1-4H3. The van der Waals surface area contributed by atoms with Crippen LogP contribution in [0.3, 0.4) is 0 Å². The zero-order valence-electron chi connectivity index (χ0n) is 19.2. The second-order valence-electron chi connectivity index (χ2n) is 8.70. The fourth-order valence-electron chi connectivity index (χ4n) is 3.18. The zero-order valence-corrected chi connectivity index (χ0v) is 20.8. The second kappa shape index (κ2) is 9.70. The van der Waals surface area contributed by atoms with Crippen LogP contribution in [-0.4, -0.2) is 26.9 Å². The molecule has 1 heterocycles. The zero-order chi connectivity index (χ0) is 24.3. The molecule has 2 aromatic carbocycles. The number of benzene rings is 2. The molecule has 0 aliphatic heterocycles. The van der Waals surface area contributed by atoms with Crippen LogP contribution in [0.5, 0.6) is 5.75 Å². The molecule has 0 spiro atoms. The van der Waals surface area contributed by atoms with Crippen molar-refractivity contribution < 1.29 is 25.4 Å². The molecule has 178 valence electrons. The molecule has 0 N–H and O–H groups in total. The van der Waals surface area contributed by atoms with E-state index in [2.05, 4.69) is 20.8 Å². The van der Waals surface area contributed by atoms with Gasteiger partial charge in [0.1, 0.15) is 11.5 Å². The van der Waals surface area contributed by atoms with E-state index in [9.17, 15) is 16.8 Å². The van der Waals surface area contributed by atoms with Crippen LogP contribution in [0.15, 0.2) is 76.2 Å². The van der Waals surface area contributed by atoms with E-state index in [0.717, 1.165) is 5.56 Å². The van der Waals surface area contributed by atoms with Gasteiger partial charge in [0.25, 0.3) is 0 Å². The first kappa shape index (κ1) is 25.0. The summed E-state index contributed by atoms with van der Waals surface area (Å²) in [5.41, 5.74) is 1.51. The molecule has 0 radical (unpaired) electrons. The Labute approximate surface area is 196 Å². The highest BCUT2D eigenvalue weighted by Crippen LogP contribution is 2.27. The lowest BCUT2D eigenvalue weighted by atomic mass is 9.87. The first-order valence-corrected chi connectivity index (χ1v) is 13.6. The SMILES string of the molecule is CCS(=O)(=O)Oc1cccc(CN(Cc2ccco2)S(=O)(=O)c2ccc(C(C)(C)C)cc2)c1. The van der Waals surface area contributed by atoms with Crippen LogP contribution < -0.4 is 4.18 Å². The van der Waals surface area contributed by atoms with Crippen LogP contribution in [0.1, 0.15) is 44.6 Å². The van der Waals surface area contributed by atoms with E-state index in [1.54, 1.807) is 36.4 Å². The summed E-state index contributed by atoms with van der Waals surface area (Å²) in [6.07, 6.45) is 1.49. The largest absolute Gasteiger partial charge is 0.468 e. The van der Waals surface area contributed by atoms with E-state index in [-0.39, 0.29) is 34.9 Å². The van der Waals surface area contributed by atoms with Crippen molar-refractivity contribution in [1.29, 1.82) is 0 Å². The third kappa shape index (κ3) is 6.46. The lowest BCUT2D eigenvalue weighted by Gasteiger charge is -2.23. The van der Waals surface area contributed by atoms with Crippen molar-refractivity contribution in [3.05, 3.63) is 83.8 Å². The van der Waals surface area contributed by atoms with Crippen LogP contribution in [0.25, 0.3) is 0 Å². The maximum atomic E-state index is 13.5. The molecule has 7 nitrogen and oxygen atoms in total. The number of hydrogen-bond donors (Lipinski definition) is 0. The Hall–Kier alpha value is -2.62. The minimum absolute atomic E-state index is 0.00737. The van der Waals surface area contributed by atoms with E-state index >= 15 is 0 Å². The highest BCUT2D eigenvalue weighted by Gasteiger charge is 2.27. The van der Waals surface area contributed by atoms with Gasteiger partial charge in [0.2, 0.25) is 10.0 Å². The average Bonchev–Trinajstić information content (AvgIpc) is 3.26. The first-order valence-electron chi connectivity index (χ1n) is 10.5. The van der Waals surface area contributed by atoms with Gasteiger partial charge in [0.05, 0.1) is 23.5 Å². The van der Waals surface area contributed by atoms with E-state index in [4.69, 9.17) is 8.60 Å². The van der Waals surface area contributed by atoms with E-state index in [1.807, 2.05) is 12.1 Å². The molecule has 33 heavy (non-hydrogen) atoms. The van der Waals surface area contributed by atoms with Gasteiger partial charge in [0, 0.05) is 6.54 Å². The molecule has 0 unspecified atom stereocenters. The summed E-state index contributed by atoms with van der Waals surface area (Å²) in [7, 11) is -7.57. The minimum atomic E-state index is -3.88. The third-order valence-electron chi connectivity index (χ3n) is 5.10. The Morgan fingerprint density at radius 1 is 0.909 bits per heavy atom. The van der Waals surface area contributed by atoms with Gasteiger partial charge in [-0.05, 0) is 59.9 Å². The highest BCUT2D eigenvalue weighted by atomic mass is 32.2. The van der Waals surface area contributed by atoms with Crippen LogP contribution in [0.4, 0.5) is 0 Å². The normalized spacial score (nSPS) is 12.8. The number of sulfonamides is 1. The summed E-state index contributed by atoms with van der Waals surface area (Å²) >= 11 is 0. The number of furan rings is 1. The molecule has 0 aliphatic rings. The summed E-state index contributed by atoms with van der Waals surface area (Å²) < 4.78 is 62.5. The summed E-state index contributed by atoms with van der Waals surface area (Å²) in [6.45, 7) is 7.71. The molecular formula is C24H29NO6S2. The molecule has 0 aliphatic carbocycles. The molecule has 0 saturated carbocycles.